The Morgan fingerprint density at radius 3 is 2.92 bits per heavy atom. The van der Waals surface area contributed by atoms with E-state index in [-0.39, 0.29) is 5.91 Å². The van der Waals surface area contributed by atoms with Gasteiger partial charge < -0.3 is 4.90 Å². The highest BCUT2D eigenvalue weighted by atomic mass is 32.2. The quantitative estimate of drug-likeness (QED) is 0.736. The molecular weight excluding hydrogens is 336 g/mol. The third kappa shape index (κ3) is 3.08. The molecule has 1 aromatic carbocycles. The molecule has 2 heterocycles. The number of fused-ring (bicyclic) bond motifs is 3. The Morgan fingerprint density at radius 1 is 1.33 bits per heavy atom. The van der Waals surface area contributed by atoms with Gasteiger partial charge in [-0.3, -0.25) is 4.79 Å². The number of carbonyl (C=O) groups excluding carboxylic acids is 1. The zero-order valence-corrected chi connectivity index (χ0v) is 16.2. The Labute approximate surface area is 151 Å². The molecule has 3 nitrogen and oxygen atoms in total. The van der Waals surface area contributed by atoms with Gasteiger partial charge in [-0.15, -0.1) is 11.3 Å². The maximum absolute atomic E-state index is 12.8. The first-order valence-electron chi connectivity index (χ1n) is 8.62. The average molecular weight is 361 g/mol. The molecule has 5 heteroatoms. The van der Waals surface area contributed by atoms with Gasteiger partial charge in [0.05, 0.1) is 16.0 Å². The second-order valence-corrected chi connectivity index (χ2v) is 10.7. The van der Waals surface area contributed by atoms with Crippen molar-refractivity contribution in [2.24, 2.45) is 10.8 Å². The molecule has 24 heavy (non-hydrogen) atoms. The van der Waals surface area contributed by atoms with E-state index in [1.54, 1.807) is 23.1 Å². The zero-order valence-electron chi connectivity index (χ0n) is 14.5. The van der Waals surface area contributed by atoms with E-state index in [4.69, 9.17) is 0 Å². The molecule has 1 saturated carbocycles. The molecule has 4 rings (SSSR count). The highest BCUT2D eigenvalue weighted by Crippen LogP contribution is 2.52. The minimum atomic E-state index is 0.283. The monoisotopic (exact) mass is 360 g/mol. The van der Waals surface area contributed by atoms with Gasteiger partial charge in [0, 0.05) is 12.6 Å². The predicted molar refractivity (Wildman–Crippen MR) is 102 cm³/mol. The van der Waals surface area contributed by atoms with Crippen LogP contribution in [-0.2, 0) is 4.79 Å². The fourth-order valence-corrected chi connectivity index (χ4v) is 6.83. The molecule has 2 aliphatic rings. The van der Waals surface area contributed by atoms with Crippen LogP contribution in [0.15, 0.2) is 28.6 Å². The van der Waals surface area contributed by atoms with Gasteiger partial charge in [-0.1, -0.05) is 44.7 Å². The standard InChI is InChI=1S/C19H24N2OS2/c1-18(2)8-13-9-19(3,11-18)12-21(13)16(22)10-23-17-20-14-6-4-5-7-15(14)24-17/h4-7,13H,8-12H2,1-3H3/t13-,19-/m1/s1. The van der Waals surface area contributed by atoms with E-state index in [1.165, 1.54) is 17.5 Å². The summed E-state index contributed by atoms with van der Waals surface area (Å²) in [5.41, 5.74) is 1.69. The average Bonchev–Trinajstić information content (AvgIpc) is 3.01. The first kappa shape index (κ1) is 16.4. The van der Waals surface area contributed by atoms with Crippen LogP contribution in [0.25, 0.3) is 10.2 Å². The van der Waals surface area contributed by atoms with Gasteiger partial charge in [0.25, 0.3) is 0 Å². The van der Waals surface area contributed by atoms with Gasteiger partial charge in [0.15, 0.2) is 4.34 Å². The summed E-state index contributed by atoms with van der Waals surface area (Å²) in [4.78, 5) is 19.6. The third-order valence-electron chi connectivity index (χ3n) is 5.33. The zero-order chi connectivity index (χ0) is 16.9. The van der Waals surface area contributed by atoms with Gasteiger partial charge in [-0.25, -0.2) is 4.98 Å². The SMILES string of the molecule is CC1(C)C[C@@H]2C[C@@](C)(CN2C(=O)CSc2nc3ccccc3s2)C1. The molecular formula is C19H24N2OS2. The van der Waals surface area contributed by atoms with Gasteiger partial charge in [0.2, 0.25) is 5.91 Å². The van der Waals surface area contributed by atoms with Crippen LogP contribution in [0.3, 0.4) is 0 Å². The Morgan fingerprint density at radius 2 is 2.12 bits per heavy atom. The van der Waals surface area contributed by atoms with Crippen LogP contribution in [0.1, 0.15) is 40.0 Å². The third-order valence-corrected chi connectivity index (χ3v) is 7.49. The summed E-state index contributed by atoms with van der Waals surface area (Å²) in [5.74, 6) is 0.790. The second-order valence-electron chi connectivity index (χ2n) is 8.47. The fourth-order valence-electron chi connectivity index (χ4n) is 4.87. The number of benzene rings is 1. The van der Waals surface area contributed by atoms with Crippen molar-refractivity contribution in [1.29, 1.82) is 0 Å². The highest BCUT2D eigenvalue weighted by Gasteiger charge is 2.50. The normalized spacial score (nSPS) is 28.5. The summed E-state index contributed by atoms with van der Waals surface area (Å²) in [6, 6.07) is 8.60. The molecule has 2 aromatic rings. The van der Waals surface area contributed by atoms with E-state index in [2.05, 4.69) is 36.7 Å². The van der Waals surface area contributed by atoms with Crippen molar-refractivity contribution in [2.75, 3.05) is 12.3 Å². The predicted octanol–water partition coefficient (Wildman–Crippen LogP) is 4.82. The van der Waals surface area contributed by atoms with E-state index < -0.39 is 0 Å². The van der Waals surface area contributed by atoms with E-state index in [0.29, 0.717) is 22.6 Å². The lowest BCUT2D eigenvalue weighted by Crippen LogP contribution is -2.38. The van der Waals surface area contributed by atoms with Crippen LogP contribution in [0, 0.1) is 10.8 Å². The number of hydrogen-bond acceptors (Lipinski definition) is 4. The number of carbonyl (C=O) groups is 1. The van der Waals surface area contributed by atoms with E-state index >= 15 is 0 Å². The fraction of sp³-hybridized carbons (Fsp3) is 0.579. The number of rotatable bonds is 3. The minimum Gasteiger partial charge on any atom is -0.338 e. The summed E-state index contributed by atoms with van der Waals surface area (Å²) in [6.45, 7) is 7.98. The van der Waals surface area contributed by atoms with Crippen molar-refractivity contribution in [2.45, 2.75) is 50.4 Å². The van der Waals surface area contributed by atoms with E-state index in [0.717, 1.165) is 22.8 Å². The van der Waals surface area contributed by atoms with Gasteiger partial charge in [-0.05, 0) is 42.2 Å². The second kappa shape index (κ2) is 5.73. The van der Waals surface area contributed by atoms with Crippen molar-refractivity contribution in [3.63, 3.8) is 0 Å². The Hall–Kier alpha value is -1.07. The summed E-state index contributed by atoms with van der Waals surface area (Å²) in [7, 11) is 0. The number of amides is 1. The van der Waals surface area contributed by atoms with Crippen LogP contribution < -0.4 is 0 Å². The highest BCUT2D eigenvalue weighted by molar-refractivity contribution is 8.01. The molecule has 0 radical (unpaired) electrons. The maximum Gasteiger partial charge on any atom is 0.233 e. The summed E-state index contributed by atoms with van der Waals surface area (Å²) < 4.78 is 2.19. The summed E-state index contributed by atoms with van der Waals surface area (Å²) >= 11 is 3.27. The number of likely N-dealkylation sites (tertiary alicyclic amines) is 1. The van der Waals surface area contributed by atoms with Crippen LogP contribution >= 0.6 is 23.1 Å². The molecule has 1 aliphatic carbocycles. The number of thioether (sulfide) groups is 1. The van der Waals surface area contributed by atoms with Crippen molar-refractivity contribution < 1.29 is 4.79 Å². The molecule has 1 aromatic heterocycles. The Kier molecular flexibility index (Phi) is 3.92. The van der Waals surface area contributed by atoms with Crippen molar-refractivity contribution in [3.05, 3.63) is 24.3 Å². The lowest BCUT2D eigenvalue weighted by Gasteiger charge is -2.39. The molecule has 0 spiro atoms. The molecule has 0 unspecified atom stereocenters. The van der Waals surface area contributed by atoms with Gasteiger partial charge in [0.1, 0.15) is 0 Å². The molecule has 1 aliphatic heterocycles. The van der Waals surface area contributed by atoms with Crippen molar-refractivity contribution in [1.82, 2.24) is 9.88 Å². The van der Waals surface area contributed by atoms with Crippen LogP contribution in [0.5, 0.6) is 0 Å². The summed E-state index contributed by atoms with van der Waals surface area (Å²) in [6.07, 6.45) is 3.54. The molecule has 2 bridgehead atoms. The first-order chi connectivity index (χ1) is 11.3. The van der Waals surface area contributed by atoms with E-state index in [1.807, 2.05) is 18.2 Å². The molecule has 2 fully saturated rings. The largest absolute Gasteiger partial charge is 0.338 e. The molecule has 1 amide bonds. The number of aromatic nitrogens is 1. The summed E-state index contributed by atoms with van der Waals surface area (Å²) in [5, 5.41) is 0. The number of para-hydroxylation sites is 1. The van der Waals surface area contributed by atoms with E-state index in [9.17, 15) is 4.79 Å². The molecule has 128 valence electrons. The maximum atomic E-state index is 12.8. The molecule has 2 atom stereocenters. The van der Waals surface area contributed by atoms with Gasteiger partial charge in [-0.2, -0.15) is 0 Å². The number of nitrogens with zero attached hydrogens (tertiary/aromatic N) is 2. The van der Waals surface area contributed by atoms with Crippen LogP contribution in [0.4, 0.5) is 0 Å². The van der Waals surface area contributed by atoms with Crippen molar-refractivity contribution >= 4 is 39.2 Å². The van der Waals surface area contributed by atoms with Crippen molar-refractivity contribution in [3.8, 4) is 0 Å². The van der Waals surface area contributed by atoms with Crippen LogP contribution in [0.2, 0.25) is 0 Å². The van der Waals surface area contributed by atoms with Crippen LogP contribution in [-0.4, -0.2) is 34.1 Å². The smallest absolute Gasteiger partial charge is 0.233 e. The van der Waals surface area contributed by atoms with Gasteiger partial charge >= 0.3 is 0 Å². The minimum absolute atomic E-state index is 0.283. The first-order valence-corrected chi connectivity index (χ1v) is 10.4. The number of hydrogen-bond donors (Lipinski definition) is 0. The lowest BCUT2D eigenvalue weighted by atomic mass is 9.65. The Bertz CT molecular complexity index is 752. The molecule has 1 saturated heterocycles. The topological polar surface area (TPSA) is 33.2 Å². The lowest BCUT2D eigenvalue weighted by molar-refractivity contribution is -0.129. The Balaban J connectivity index is 1.43. The molecule has 0 N–H and O–H groups in total. The number of thiazole rings is 1.